The summed E-state index contributed by atoms with van der Waals surface area (Å²) in [6.07, 6.45) is 6.54. The van der Waals surface area contributed by atoms with E-state index in [-0.39, 0.29) is 5.91 Å². The molecule has 1 saturated heterocycles. The third-order valence-corrected chi connectivity index (χ3v) is 6.18. The predicted molar refractivity (Wildman–Crippen MR) is 120 cm³/mol. The molecule has 6 rings (SSSR count). The Morgan fingerprint density at radius 2 is 1.84 bits per heavy atom. The normalized spacial score (nSPS) is 17.0. The van der Waals surface area contributed by atoms with Crippen LogP contribution in [0.4, 0.5) is 5.82 Å². The Morgan fingerprint density at radius 3 is 2.62 bits per heavy atom. The number of amides is 1. The lowest BCUT2D eigenvalue weighted by Crippen LogP contribution is -2.35. The number of furan rings is 1. The zero-order valence-electron chi connectivity index (χ0n) is 17.7. The van der Waals surface area contributed by atoms with E-state index in [0.717, 1.165) is 54.2 Å². The number of benzene rings is 1. The van der Waals surface area contributed by atoms with Gasteiger partial charge in [0.05, 0.1) is 23.5 Å². The van der Waals surface area contributed by atoms with Gasteiger partial charge in [0.1, 0.15) is 11.6 Å². The van der Waals surface area contributed by atoms with E-state index in [2.05, 4.69) is 10.00 Å². The van der Waals surface area contributed by atoms with E-state index in [0.29, 0.717) is 31.3 Å². The first kappa shape index (κ1) is 19.0. The van der Waals surface area contributed by atoms with Crippen molar-refractivity contribution in [1.29, 1.82) is 0 Å². The molecular weight excluding hydrogens is 404 g/mol. The molecule has 2 fully saturated rings. The minimum Gasteiger partial charge on any atom is -0.459 e. The first-order valence-corrected chi connectivity index (χ1v) is 11.2. The molecule has 4 heterocycles. The van der Waals surface area contributed by atoms with Crippen molar-refractivity contribution in [3.63, 3.8) is 0 Å². The second kappa shape index (κ2) is 7.78. The van der Waals surface area contributed by atoms with Gasteiger partial charge in [-0.3, -0.25) is 4.79 Å². The fraction of sp³-hybridized carbons (Fsp3) is 0.333. The van der Waals surface area contributed by atoms with Crippen molar-refractivity contribution >= 4 is 22.8 Å². The van der Waals surface area contributed by atoms with Gasteiger partial charge in [0.25, 0.3) is 5.91 Å². The fourth-order valence-electron chi connectivity index (χ4n) is 4.32. The molecular formula is C24H24N6O2. The monoisotopic (exact) mass is 428 g/mol. The van der Waals surface area contributed by atoms with Crippen molar-refractivity contribution in [2.75, 3.05) is 31.1 Å². The van der Waals surface area contributed by atoms with Crippen molar-refractivity contribution in [2.24, 2.45) is 0 Å². The minimum absolute atomic E-state index is 0.0553. The fourth-order valence-corrected chi connectivity index (χ4v) is 4.32. The Bertz CT molecular complexity index is 1250. The average Bonchev–Trinajstić information content (AvgIpc) is 3.45. The van der Waals surface area contributed by atoms with Crippen LogP contribution in [0.5, 0.6) is 0 Å². The maximum atomic E-state index is 12.8. The molecule has 0 bridgehead atoms. The van der Waals surface area contributed by atoms with E-state index in [9.17, 15) is 4.79 Å². The molecule has 0 unspecified atom stereocenters. The number of hydrogen-bond donors (Lipinski definition) is 0. The van der Waals surface area contributed by atoms with E-state index < -0.39 is 0 Å². The van der Waals surface area contributed by atoms with Gasteiger partial charge in [-0.25, -0.2) is 14.6 Å². The second-order valence-electron chi connectivity index (χ2n) is 8.42. The van der Waals surface area contributed by atoms with Crippen LogP contribution in [0.2, 0.25) is 0 Å². The zero-order valence-corrected chi connectivity index (χ0v) is 17.7. The molecule has 1 aliphatic carbocycles. The van der Waals surface area contributed by atoms with Crippen molar-refractivity contribution in [3.05, 3.63) is 66.5 Å². The lowest BCUT2D eigenvalue weighted by atomic mass is 10.3. The minimum atomic E-state index is -0.0553. The van der Waals surface area contributed by atoms with Crippen LogP contribution in [0, 0.1) is 0 Å². The highest BCUT2D eigenvalue weighted by atomic mass is 16.3. The van der Waals surface area contributed by atoms with Gasteiger partial charge in [0.15, 0.2) is 11.4 Å². The molecule has 1 saturated carbocycles. The largest absolute Gasteiger partial charge is 0.459 e. The summed E-state index contributed by atoms with van der Waals surface area (Å²) in [5, 5.41) is 5.60. The van der Waals surface area contributed by atoms with Gasteiger partial charge in [-0.15, -0.1) is 0 Å². The molecule has 0 spiro atoms. The summed E-state index contributed by atoms with van der Waals surface area (Å²) < 4.78 is 7.22. The second-order valence-corrected chi connectivity index (χ2v) is 8.42. The average molecular weight is 428 g/mol. The standard InChI is InChI=1S/C24H24N6O2/c31-24(20-8-4-15-32-20)29-12-5-11-28(13-14-29)22-19-16-25-30(18-6-2-1-3-7-18)23(19)27-21(26-22)17-9-10-17/h1-4,6-8,15-17H,5,9-14H2. The number of hydrogen-bond acceptors (Lipinski definition) is 6. The predicted octanol–water partition coefficient (Wildman–Crippen LogP) is 3.64. The maximum absolute atomic E-state index is 12.8. The summed E-state index contributed by atoms with van der Waals surface area (Å²) in [7, 11) is 0. The molecule has 8 nitrogen and oxygen atoms in total. The highest BCUT2D eigenvalue weighted by molar-refractivity contribution is 5.91. The Balaban J connectivity index is 1.34. The first-order chi connectivity index (χ1) is 15.8. The lowest BCUT2D eigenvalue weighted by molar-refractivity contribution is 0.0735. The zero-order chi connectivity index (χ0) is 21.5. The molecule has 0 N–H and O–H groups in total. The number of carbonyl (C=O) groups excluding carboxylic acids is 1. The molecule has 162 valence electrons. The highest BCUT2D eigenvalue weighted by Crippen LogP contribution is 2.40. The van der Waals surface area contributed by atoms with Crippen molar-refractivity contribution in [1.82, 2.24) is 24.6 Å². The van der Waals surface area contributed by atoms with Crippen molar-refractivity contribution in [2.45, 2.75) is 25.2 Å². The number of anilines is 1. The number of nitrogens with zero attached hydrogens (tertiary/aromatic N) is 6. The van der Waals surface area contributed by atoms with Crippen LogP contribution in [0.25, 0.3) is 16.7 Å². The van der Waals surface area contributed by atoms with Gasteiger partial charge in [-0.2, -0.15) is 5.10 Å². The summed E-state index contributed by atoms with van der Waals surface area (Å²) in [5.41, 5.74) is 1.83. The molecule has 4 aromatic rings. The number of para-hydroxylation sites is 1. The van der Waals surface area contributed by atoms with Gasteiger partial charge in [0.2, 0.25) is 0 Å². The van der Waals surface area contributed by atoms with Gasteiger partial charge < -0.3 is 14.2 Å². The lowest BCUT2D eigenvalue weighted by Gasteiger charge is -2.23. The topological polar surface area (TPSA) is 80.3 Å². The highest BCUT2D eigenvalue weighted by Gasteiger charge is 2.30. The molecule has 0 atom stereocenters. The molecule has 2 aliphatic rings. The van der Waals surface area contributed by atoms with E-state index >= 15 is 0 Å². The number of carbonyl (C=O) groups is 1. The Hall–Kier alpha value is -3.68. The molecule has 32 heavy (non-hydrogen) atoms. The quantitative estimate of drug-likeness (QED) is 0.494. The van der Waals surface area contributed by atoms with Crippen molar-refractivity contribution < 1.29 is 9.21 Å². The summed E-state index contributed by atoms with van der Waals surface area (Å²) in [5.74, 6) is 2.59. The molecule has 0 radical (unpaired) electrons. The van der Waals surface area contributed by atoms with Crippen LogP contribution in [0.3, 0.4) is 0 Å². The number of fused-ring (bicyclic) bond motifs is 1. The van der Waals surface area contributed by atoms with E-state index in [1.165, 1.54) is 0 Å². The van der Waals surface area contributed by atoms with Crippen LogP contribution in [0.15, 0.2) is 59.3 Å². The third kappa shape index (κ3) is 3.41. The van der Waals surface area contributed by atoms with Crippen LogP contribution >= 0.6 is 0 Å². The summed E-state index contributed by atoms with van der Waals surface area (Å²) in [6, 6.07) is 13.6. The van der Waals surface area contributed by atoms with Gasteiger partial charge in [-0.1, -0.05) is 18.2 Å². The van der Waals surface area contributed by atoms with Crippen LogP contribution in [-0.2, 0) is 0 Å². The Kier molecular flexibility index (Phi) is 4.63. The van der Waals surface area contributed by atoms with Crippen molar-refractivity contribution in [3.8, 4) is 5.69 Å². The summed E-state index contributed by atoms with van der Waals surface area (Å²) >= 11 is 0. The molecule has 1 amide bonds. The van der Waals surface area contributed by atoms with Crippen LogP contribution in [-0.4, -0.2) is 56.7 Å². The molecule has 3 aromatic heterocycles. The first-order valence-electron chi connectivity index (χ1n) is 11.2. The molecule has 1 aromatic carbocycles. The molecule has 8 heteroatoms. The Labute approximate surface area is 185 Å². The summed E-state index contributed by atoms with van der Waals surface area (Å²) in [4.78, 5) is 26.8. The van der Waals surface area contributed by atoms with Crippen LogP contribution in [0.1, 0.15) is 41.6 Å². The SMILES string of the molecule is O=C(c1ccco1)N1CCCN(c2nc(C3CC3)nc3c2cnn3-c2ccccc2)CC1. The number of aromatic nitrogens is 4. The summed E-state index contributed by atoms with van der Waals surface area (Å²) in [6.45, 7) is 2.85. The van der Waals surface area contributed by atoms with E-state index in [1.807, 2.05) is 46.1 Å². The smallest absolute Gasteiger partial charge is 0.289 e. The third-order valence-electron chi connectivity index (χ3n) is 6.18. The van der Waals surface area contributed by atoms with E-state index in [1.54, 1.807) is 18.4 Å². The number of rotatable bonds is 4. The maximum Gasteiger partial charge on any atom is 0.289 e. The molecule has 1 aliphatic heterocycles. The van der Waals surface area contributed by atoms with E-state index in [4.69, 9.17) is 14.4 Å². The van der Waals surface area contributed by atoms with Crippen LogP contribution < -0.4 is 4.90 Å². The van der Waals surface area contributed by atoms with Gasteiger partial charge in [-0.05, 0) is 43.5 Å². The van der Waals surface area contributed by atoms with Gasteiger partial charge in [0, 0.05) is 32.1 Å². The van der Waals surface area contributed by atoms with Gasteiger partial charge >= 0.3 is 0 Å². The Morgan fingerprint density at radius 1 is 0.969 bits per heavy atom.